The summed E-state index contributed by atoms with van der Waals surface area (Å²) in [6.07, 6.45) is 0.814. The van der Waals surface area contributed by atoms with Gasteiger partial charge in [-0.25, -0.2) is 4.79 Å². The molecule has 0 aliphatic heterocycles. The maximum Gasteiger partial charge on any atom is 0.321 e. The van der Waals surface area contributed by atoms with Crippen LogP contribution in [0.1, 0.15) is 13.3 Å². The number of thioether (sulfide) groups is 1. The van der Waals surface area contributed by atoms with Gasteiger partial charge in [-0.2, -0.15) is 0 Å². The molecule has 3 amide bonds. The second kappa shape index (κ2) is 8.30. The predicted molar refractivity (Wildman–Crippen MR) is 79.0 cm³/mol. The Hall–Kier alpha value is -0.910. The van der Waals surface area contributed by atoms with Crippen LogP contribution in [0.2, 0.25) is 10.0 Å². The van der Waals surface area contributed by atoms with E-state index in [0.717, 1.165) is 6.42 Å². The SMILES string of the molecule is CCCNC(=O)NC(=O)CSc1cc(Cl)ccc1Cl. The summed E-state index contributed by atoms with van der Waals surface area (Å²) in [6.45, 7) is 2.46. The Kier molecular flexibility index (Phi) is 7.05. The summed E-state index contributed by atoms with van der Waals surface area (Å²) < 4.78 is 0. The Labute approximate surface area is 126 Å². The van der Waals surface area contributed by atoms with Crippen molar-refractivity contribution in [3.05, 3.63) is 28.2 Å². The standard InChI is InChI=1S/C12H14Cl2N2O2S/c1-2-5-15-12(18)16-11(17)7-19-10-6-8(13)3-4-9(10)14/h3-4,6H,2,5,7H2,1H3,(H2,15,16,17,18). The largest absolute Gasteiger partial charge is 0.338 e. The minimum Gasteiger partial charge on any atom is -0.338 e. The van der Waals surface area contributed by atoms with Gasteiger partial charge in [-0.05, 0) is 24.6 Å². The molecule has 0 saturated heterocycles. The molecule has 2 N–H and O–H groups in total. The summed E-state index contributed by atoms with van der Waals surface area (Å²) in [5, 5.41) is 5.86. The molecule has 104 valence electrons. The van der Waals surface area contributed by atoms with Crippen molar-refractivity contribution in [1.29, 1.82) is 0 Å². The fraction of sp³-hybridized carbons (Fsp3) is 0.333. The molecule has 1 aromatic rings. The molecule has 0 aliphatic rings. The molecule has 0 saturated carbocycles. The Morgan fingerprint density at radius 3 is 2.74 bits per heavy atom. The first-order valence-electron chi connectivity index (χ1n) is 5.68. The van der Waals surface area contributed by atoms with E-state index in [4.69, 9.17) is 23.2 Å². The van der Waals surface area contributed by atoms with Gasteiger partial charge in [-0.3, -0.25) is 10.1 Å². The molecule has 0 atom stereocenters. The summed E-state index contributed by atoms with van der Waals surface area (Å²) >= 11 is 13.0. The number of amides is 3. The average molecular weight is 321 g/mol. The Balaban J connectivity index is 2.41. The number of carbonyl (C=O) groups excluding carboxylic acids is 2. The number of hydrogen-bond acceptors (Lipinski definition) is 3. The van der Waals surface area contributed by atoms with Crippen molar-refractivity contribution in [2.24, 2.45) is 0 Å². The fourth-order valence-corrected chi connectivity index (χ4v) is 2.47. The number of urea groups is 1. The first kappa shape index (κ1) is 16.1. The van der Waals surface area contributed by atoms with E-state index in [2.05, 4.69) is 10.6 Å². The molecule has 1 rings (SSSR count). The smallest absolute Gasteiger partial charge is 0.321 e. The summed E-state index contributed by atoms with van der Waals surface area (Å²) in [4.78, 5) is 23.5. The van der Waals surface area contributed by atoms with E-state index >= 15 is 0 Å². The van der Waals surface area contributed by atoms with Crippen LogP contribution in [0.5, 0.6) is 0 Å². The van der Waals surface area contributed by atoms with Crippen molar-refractivity contribution in [3.8, 4) is 0 Å². The first-order valence-corrected chi connectivity index (χ1v) is 7.42. The van der Waals surface area contributed by atoms with Gasteiger partial charge < -0.3 is 5.32 Å². The third-order valence-electron chi connectivity index (χ3n) is 2.04. The van der Waals surface area contributed by atoms with Gasteiger partial charge in [0.25, 0.3) is 0 Å². The maximum absolute atomic E-state index is 11.5. The molecular weight excluding hydrogens is 307 g/mol. The minimum atomic E-state index is -0.482. The average Bonchev–Trinajstić information content (AvgIpc) is 2.37. The van der Waals surface area contributed by atoms with Gasteiger partial charge in [-0.1, -0.05) is 30.1 Å². The predicted octanol–water partition coefficient (Wildman–Crippen LogP) is 3.32. The molecule has 4 nitrogen and oxygen atoms in total. The third kappa shape index (κ3) is 6.18. The Bertz CT molecular complexity index is 469. The molecule has 0 radical (unpaired) electrons. The second-order valence-electron chi connectivity index (χ2n) is 3.67. The van der Waals surface area contributed by atoms with E-state index in [9.17, 15) is 9.59 Å². The number of imide groups is 1. The van der Waals surface area contributed by atoms with Gasteiger partial charge >= 0.3 is 6.03 Å². The van der Waals surface area contributed by atoms with Crippen LogP contribution in [-0.2, 0) is 4.79 Å². The highest BCUT2D eigenvalue weighted by atomic mass is 35.5. The lowest BCUT2D eigenvalue weighted by Crippen LogP contribution is -2.40. The minimum absolute atomic E-state index is 0.0968. The molecule has 0 bridgehead atoms. The van der Waals surface area contributed by atoms with E-state index in [1.165, 1.54) is 11.8 Å². The summed E-state index contributed by atoms with van der Waals surface area (Å²) in [6, 6.07) is 4.54. The van der Waals surface area contributed by atoms with E-state index in [0.29, 0.717) is 21.5 Å². The van der Waals surface area contributed by atoms with Crippen LogP contribution in [0.3, 0.4) is 0 Å². The van der Waals surface area contributed by atoms with Gasteiger partial charge in [0, 0.05) is 16.5 Å². The van der Waals surface area contributed by atoms with Crippen LogP contribution in [0.4, 0.5) is 4.79 Å². The van der Waals surface area contributed by atoms with Gasteiger partial charge in [0.15, 0.2) is 0 Å². The molecule has 0 spiro atoms. The van der Waals surface area contributed by atoms with E-state index in [1.54, 1.807) is 18.2 Å². The van der Waals surface area contributed by atoms with Crippen molar-refractivity contribution in [2.45, 2.75) is 18.2 Å². The van der Waals surface area contributed by atoms with Crippen molar-refractivity contribution >= 4 is 46.9 Å². The summed E-state index contributed by atoms with van der Waals surface area (Å²) in [5.74, 6) is -0.283. The quantitative estimate of drug-likeness (QED) is 0.818. The number of rotatable bonds is 5. The zero-order valence-electron chi connectivity index (χ0n) is 10.3. The highest BCUT2D eigenvalue weighted by Crippen LogP contribution is 2.29. The fourth-order valence-electron chi connectivity index (χ4n) is 1.18. The lowest BCUT2D eigenvalue weighted by atomic mass is 10.4. The van der Waals surface area contributed by atoms with Crippen LogP contribution in [0.25, 0.3) is 0 Å². The van der Waals surface area contributed by atoms with Crippen LogP contribution >= 0.6 is 35.0 Å². The van der Waals surface area contributed by atoms with Gasteiger partial charge in [0.2, 0.25) is 5.91 Å². The molecular formula is C12H14Cl2N2O2S. The topological polar surface area (TPSA) is 58.2 Å². The van der Waals surface area contributed by atoms with Crippen molar-refractivity contribution in [3.63, 3.8) is 0 Å². The number of carbonyl (C=O) groups is 2. The molecule has 0 unspecified atom stereocenters. The van der Waals surface area contributed by atoms with Gasteiger partial charge in [0.05, 0.1) is 10.8 Å². The highest BCUT2D eigenvalue weighted by molar-refractivity contribution is 8.00. The maximum atomic E-state index is 11.5. The van der Waals surface area contributed by atoms with Crippen LogP contribution in [0.15, 0.2) is 23.1 Å². The molecule has 19 heavy (non-hydrogen) atoms. The molecule has 0 heterocycles. The molecule has 1 aromatic carbocycles. The summed E-state index contributed by atoms with van der Waals surface area (Å²) in [7, 11) is 0. The Morgan fingerprint density at radius 1 is 1.32 bits per heavy atom. The van der Waals surface area contributed by atoms with Crippen LogP contribution < -0.4 is 10.6 Å². The third-order valence-corrected chi connectivity index (χ3v) is 3.77. The Morgan fingerprint density at radius 2 is 2.05 bits per heavy atom. The number of halogens is 2. The zero-order chi connectivity index (χ0) is 14.3. The highest BCUT2D eigenvalue weighted by Gasteiger charge is 2.09. The van der Waals surface area contributed by atoms with Gasteiger partial charge in [-0.15, -0.1) is 11.8 Å². The van der Waals surface area contributed by atoms with E-state index < -0.39 is 6.03 Å². The van der Waals surface area contributed by atoms with E-state index in [1.807, 2.05) is 6.92 Å². The first-order chi connectivity index (χ1) is 9.02. The van der Waals surface area contributed by atoms with Crippen molar-refractivity contribution < 1.29 is 9.59 Å². The second-order valence-corrected chi connectivity index (χ2v) is 5.53. The molecule has 0 aliphatic carbocycles. The van der Waals surface area contributed by atoms with Crippen molar-refractivity contribution in [1.82, 2.24) is 10.6 Å². The van der Waals surface area contributed by atoms with Crippen LogP contribution in [0, 0.1) is 0 Å². The van der Waals surface area contributed by atoms with Gasteiger partial charge in [0.1, 0.15) is 0 Å². The number of nitrogens with one attached hydrogen (secondary N) is 2. The zero-order valence-corrected chi connectivity index (χ0v) is 12.7. The molecule has 7 heteroatoms. The number of benzene rings is 1. The summed E-state index contributed by atoms with van der Waals surface area (Å²) in [5.41, 5.74) is 0. The van der Waals surface area contributed by atoms with Crippen LogP contribution in [-0.4, -0.2) is 24.2 Å². The van der Waals surface area contributed by atoms with Crippen molar-refractivity contribution in [2.75, 3.05) is 12.3 Å². The number of hydrogen-bond donors (Lipinski definition) is 2. The van der Waals surface area contributed by atoms with E-state index in [-0.39, 0.29) is 11.7 Å². The monoisotopic (exact) mass is 320 g/mol. The lowest BCUT2D eigenvalue weighted by Gasteiger charge is -2.06. The normalized spacial score (nSPS) is 10.1. The molecule has 0 aromatic heterocycles. The lowest BCUT2D eigenvalue weighted by molar-refractivity contribution is -0.117. The molecule has 0 fully saturated rings.